The number of carbonyl (C=O) groups excluding carboxylic acids is 2. The van der Waals surface area contributed by atoms with Gasteiger partial charge in [0.05, 0.1) is 46.8 Å². The molecule has 1 aromatic heterocycles. The minimum Gasteiger partial charge on any atom is -0.496 e. The Morgan fingerprint density at radius 1 is 1.13 bits per heavy atom. The minimum absolute atomic E-state index is 0.182. The van der Waals surface area contributed by atoms with Crippen molar-refractivity contribution in [1.29, 1.82) is 0 Å². The molecule has 0 bridgehead atoms. The topological polar surface area (TPSA) is 90.2 Å². The number of aromatic nitrogens is 1. The molecule has 2 aliphatic heterocycles. The Morgan fingerprint density at radius 2 is 1.90 bits per heavy atom. The molecule has 0 aliphatic carbocycles. The molecule has 0 spiro atoms. The molecule has 0 radical (unpaired) electrons. The van der Waals surface area contributed by atoms with Crippen molar-refractivity contribution in [3.8, 4) is 5.75 Å². The molecular formula is C28H25Br2N3O5S. The van der Waals surface area contributed by atoms with Gasteiger partial charge >= 0.3 is 5.97 Å². The van der Waals surface area contributed by atoms with Crippen molar-refractivity contribution in [3.63, 3.8) is 0 Å². The first-order valence-corrected chi connectivity index (χ1v) is 14.8. The third kappa shape index (κ3) is 4.60. The van der Waals surface area contributed by atoms with Crippen LogP contribution in [0.5, 0.6) is 5.75 Å². The summed E-state index contributed by atoms with van der Waals surface area (Å²) in [6, 6.07) is 10.2. The summed E-state index contributed by atoms with van der Waals surface area (Å²) in [6.07, 6.45) is 1.27. The van der Waals surface area contributed by atoms with Crippen molar-refractivity contribution in [1.82, 2.24) is 4.57 Å². The standard InChI is InChI=1S/C28H25Br2N3O5S/c1-5-7-18-22(27(36)38-6-2)23(14-8-11-20(37-4)17(30)12-14)33-26(35)24(39-28(33)31-18)21-16-13-15(29)9-10-19(16)32(3)25(21)34/h8-13,23H,5-7H2,1-4H3/b24-21-/t23-/m1/s1. The van der Waals surface area contributed by atoms with Gasteiger partial charge in [-0.3, -0.25) is 14.2 Å². The first-order valence-electron chi connectivity index (χ1n) is 12.4. The zero-order valence-corrected chi connectivity index (χ0v) is 25.7. The van der Waals surface area contributed by atoms with E-state index >= 15 is 0 Å². The van der Waals surface area contributed by atoms with Crippen LogP contribution in [0.15, 0.2) is 66.4 Å². The monoisotopic (exact) mass is 673 g/mol. The normalized spacial score (nSPS) is 17.6. The van der Waals surface area contributed by atoms with E-state index in [1.165, 1.54) is 4.57 Å². The van der Waals surface area contributed by atoms with Crippen LogP contribution in [0.1, 0.15) is 43.9 Å². The van der Waals surface area contributed by atoms with E-state index in [0.717, 1.165) is 27.9 Å². The fraction of sp³-hybridized carbons (Fsp3) is 0.286. The molecule has 1 atom stereocenters. The van der Waals surface area contributed by atoms with Crippen LogP contribution in [0.4, 0.5) is 5.69 Å². The van der Waals surface area contributed by atoms with E-state index in [2.05, 4.69) is 31.9 Å². The van der Waals surface area contributed by atoms with E-state index in [0.29, 0.717) is 49.4 Å². The van der Waals surface area contributed by atoms with E-state index in [1.54, 1.807) is 32.0 Å². The van der Waals surface area contributed by atoms with Crippen LogP contribution in [-0.2, 0) is 14.3 Å². The molecule has 5 rings (SSSR count). The number of thiazole rings is 1. The first kappa shape index (κ1) is 27.5. The largest absolute Gasteiger partial charge is 0.496 e. The van der Waals surface area contributed by atoms with Crippen molar-refractivity contribution >= 4 is 66.3 Å². The molecule has 11 heteroatoms. The number of allylic oxidation sites excluding steroid dienone is 1. The van der Waals surface area contributed by atoms with Crippen LogP contribution in [-0.4, -0.2) is 37.2 Å². The molecule has 39 heavy (non-hydrogen) atoms. The van der Waals surface area contributed by atoms with Crippen LogP contribution in [0.3, 0.4) is 0 Å². The molecule has 0 N–H and O–H groups in total. The zero-order valence-electron chi connectivity index (χ0n) is 21.7. The van der Waals surface area contributed by atoms with Gasteiger partial charge in [0.2, 0.25) is 0 Å². The summed E-state index contributed by atoms with van der Waals surface area (Å²) >= 11 is 8.19. The fourth-order valence-electron chi connectivity index (χ4n) is 4.95. The first-order chi connectivity index (χ1) is 18.7. The molecule has 2 aromatic carbocycles. The summed E-state index contributed by atoms with van der Waals surface area (Å²) in [7, 11) is 3.26. The maximum Gasteiger partial charge on any atom is 0.338 e. The van der Waals surface area contributed by atoms with Gasteiger partial charge in [-0.15, -0.1) is 0 Å². The quantitative estimate of drug-likeness (QED) is 0.361. The van der Waals surface area contributed by atoms with Gasteiger partial charge in [0, 0.05) is 17.1 Å². The number of rotatable bonds is 6. The van der Waals surface area contributed by atoms with Crippen LogP contribution in [0.2, 0.25) is 0 Å². The number of carbonyl (C=O) groups is 2. The van der Waals surface area contributed by atoms with Gasteiger partial charge in [-0.25, -0.2) is 9.79 Å². The highest BCUT2D eigenvalue weighted by Gasteiger charge is 2.37. The highest BCUT2D eigenvalue weighted by atomic mass is 79.9. The van der Waals surface area contributed by atoms with Gasteiger partial charge in [-0.1, -0.05) is 46.7 Å². The number of hydrogen-bond acceptors (Lipinski definition) is 7. The van der Waals surface area contributed by atoms with E-state index in [1.807, 2.05) is 37.3 Å². The van der Waals surface area contributed by atoms with Crippen molar-refractivity contribution in [2.75, 3.05) is 25.7 Å². The van der Waals surface area contributed by atoms with E-state index in [9.17, 15) is 14.4 Å². The number of hydrogen-bond donors (Lipinski definition) is 0. The molecule has 0 saturated heterocycles. The number of nitrogens with zero attached hydrogens (tertiary/aromatic N) is 3. The smallest absolute Gasteiger partial charge is 0.338 e. The molecule has 2 aliphatic rings. The molecule has 3 heterocycles. The van der Waals surface area contributed by atoms with Gasteiger partial charge in [-0.2, -0.15) is 0 Å². The second-order valence-corrected chi connectivity index (χ2v) is 11.8. The van der Waals surface area contributed by atoms with Gasteiger partial charge < -0.3 is 14.4 Å². The van der Waals surface area contributed by atoms with Crippen molar-refractivity contribution < 1.29 is 19.1 Å². The molecule has 3 aromatic rings. The molecule has 0 unspecified atom stereocenters. The van der Waals surface area contributed by atoms with Gasteiger partial charge in [0.15, 0.2) is 4.80 Å². The summed E-state index contributed by atoms with van der Waals surface area (Å²) in [5.74, 6) is -0.174. The SMILES string of the molecule is CCCC1=C(C(=O)OCC)[C@@H](c2ccc(OC)c(Br)c2)n2c(s/c(=C3\C(=O)N(C)c4ccc(Br)cc43)c2=O)=N1. The van der Waals surface area contributed by atoms with Crippen LogP contribution in [0, 0.1) is 0 Å². The second-order valence-electron chi connectivity index (χ2n) is 9.03. The molecule has 8 nitrogen and oxygen atoms in total. The Balaban J connectivity index is 1.86. The summed E-state index contributed by atoms with van der Waals surface area (Å²) < 4.78 is 14.1. The second kappa shape index (κ2) is 10.9. The average Bonchev–Trinajstić information content (AvgIpc) is 3.35. The third-order valence-electron chi connectivity index (χ3n) is 6.69. The average molecular weight is 675 g/mol. The Bertz CT molecular complexity index is 1740. The predicted octanol–water partition coefficient (Wildman–Crippen LogP) is 4.46. The number of likely N-dealkylation sites (N-methyl/N-ethyl adjacent to an activating group) is 1. The highest BCUT2D eigenvalue weighted by Crippen LogP contribution is 2.38. The summed E-state index contributed by atoms with van der Waals surface area (Å²) in [5, 5.41) is 0. The lowest BCUT2D eigenvalue weighted by Gasteiger charge is -2.26. The Kier molecular flexibility index (Phi) is 7.67. The zero-order chi connectivity index (χ0) is 28.0. The van der Waals surface area contributed by atoms with Crippen LogP contribution >= 0.6 is 43.2 Å². The molecule has 202 valence electrons. The van der Waals surface area contributed by atoms with Crippen LogP contribution < -0.4 is 24.5 Å². The van der Waals surface area contributed by atoms with E-state index in [-0.39, 0.29) is 17.0 Å². The number of methoxy groups -OCH3 is 1. The number of halogens is 2. The molecule has 1 amide bonds. The number of amides is 1. The maximum absolute atomic E-state index is 14.2. The fourth-order valence-corrected chi connectivity index (χ4v) is 6.98. The number of benzene rings is 2. The van der Waals surface area contributed by atoms with Crippen LogP contribution in [0.25, 0.3) is 5.57 Å². The van der Waals surface area contributed by atoms with Gasteiger partial charge in [0.25, 0.3) is 11.5 Å². The Labute approximate surface area is 245 Å². The molecule has 0 fully saturated rings. The summed E-state index contributed by atoms with van der Waals surface area (Å²) in [6.45, 7) is 3.93. The summed E-state index contributed by atoms with van der Waals surface area (Å²) in [4.78, 5) is 47.8. The maximum atomic E-state index is 14.2. The number of fused-ring (bicyclic) bond motifs is 2. The van der Waals surface area contributed by atoms with Gasteiger partial charge in [0.1, 0.15) is 10.3 Å². The highest BCUT2D eigenvalue weighted by molar-refractivity contribution is 9.10. The van der Waals surface area contributed by atoms with Crippen molar-refractivity contribution in [2.45, 2.75) is 32.7 Å². The van der Waals surface area contributed by atoms with E-state index < -0.39 is 17.6 Å². The number of ether oxygens (including phenoxy) is 2. The Hall–Kier alpha value is -3.02. The van der Waals surface area contributed by atoms with Crippen molar-refractivity contribution in [2.24, 2.45) is 4.99 Å². The lowest BCUT2D eigenvalue weighted by molar-refractivity contribution is -0.139. The third-order valence-corrected chi connectivity index (χ3v) is 8.86. The molecular weight excluding hydrogens is 650 g/mol. The minimum atomic E-state index is -0.797. The van der Waals surface area contributed by atoms with Crippen molar-refractivity contribution in [3.05, 3.63) is 87.4 Å². The van der Waals surface area contributed by atoms with E-state index in [4.69, 9.17) is 14.5 Å². The van der Waals surface area contributed by atoms with Gasteiger partial charge in [-0.05, 0) is 65.2 Å². The summed E-state index contributed by atoms with van der Waals surface area (Å²) in [5.41, 5.74) is 2.90. The lowest BCUT2D eigenvalue weighted by atomic mass is 9.94. The number of esters is 1. The Morgan fingerprint density at radius 3 is 2.56 bits per heavy atom. The number of anilines is 1. The predicted molar refractivity (Wildman–Crippen MR) is 157 cm³/mol. The lowest BCUT2D eigenvalue weighted by Crippen LogP contribution is -2.41. The molecule has 0 saturated carbocycles.